The topological polar surface area (TPSA) is 96.8 Å². The van der Waals surface area contributed by atoms with Gasteiger partial charge in [-0.05, 0) is 49.4 Å². The van der Waals surface area contributed by atoms with Gasteiger partial charge in [0.25, 0.3) is 0 Å². The van der Waals surface area contributed by atoms with Crippen LogP contribution in [0.25, 0.3) is 5.82 Å². The lowest BCUT2D eigenvalue weighted by Crippen LogP contribution is -2.20. The van der Waals surface area contributed by atoms with Crippen LogP contribution in [0.3, 0.4) is 0 Å². The molecular formula is C23H17F6N7O. The highest BCUT2D eigenvalue weighted by Crippen LogP contribution is 2.37. The van der Waals surface area contributed by atoms with Gasteiger partial charge in [0.05, 0.1) is 11.1 Å². The Balaban J connectivity index is 1.43. The van der Waals surface area contributed by atoms with Crippen LogP contribution >= 0.6 is 0 Å². The molecule has 8 nitrogen and oxygen atoms in total. The maximum absolute atomic E-state index is 13.0. The number of amides is 2. The standard InChI is InChI=1S/C23H17F6N7O/c1-13-30-6-7-36(13)20-11-19(31-12-32-20)33-16-2-4-17(5-3-16)34-21(37)35-18-9-14(22(24,25)26)8-15(10-18)23(27,28)29/h2-12H,1H3,(H,31,32,33)(H2,34,35,37). The number of rotatable bonds is 5. The van der Waals surface area contributed by atoms with Crippen molar-refractivity contribution in [2.45, 2.75) is 19.3 Å². The maximum Gasteiger partial charge on any atom is 0.416 e. The summed E-state index contributed by atoms with van der Waals surface area (Å²) in [5.41, 5.74) is -2.91. The Morgan fingerprint density at radius 3 is 1.95 bits per heavy atom. The number of benzene rings is 2. The molecule has 4 aromatic rings. The van der Waals surface area contributed by atoms with Crippen LogP contribution in [0.1, 0.15) is 17.0 Å². The Morgan fingerprint density at radius 2 is 1.38 bits per heavy atom. The summed E-state index contributed by atoms with van der Waals surface area (Å²) >= 11 is 0. The molecule has 0 aliphatic rings. The van der Waals surface area contributed by atoms with Gasteiger partial charge in [-0.15, -0.1) is 0 Å². The number of urea groups is 1. The third kappa shape index (κ3) is 6.34. The Morgan fingerprint density at radius 1 is 0.784 bits per heavy atom. The fourth-order valence-electron chi connectivity index (χ4n) is 3.27. The van der Waals surface area contributed by atoms with Crippen molar-refractivity contribution in [3.05, 3.63) is 84.2 Å². The normalized spacial score (nSPS) is 11.8. The zero-order valence-electron chi connectivity index (χ0n) is 18.8. The van der Waals surface area contributed by atoms with Crippen molar-refractivity contribution in [3.8, 4) is 5.82 Å². The second kappa shape index (κ2) is 9.79. The fourth-order valence-corrected chi connectivity index (χ4v) is 3.27. The molecule has 2 aromatic carbocycles. The number of alkyl halides is 6. The molecule has 37 heavy (non-hydrogen) atoms. The van der Waals surface area contributed by atoms with Crippen LogP contribution < -0.4 is 16.0 Å². The average molecular weight is 521 g/mol. The lowest BCUT2D eigenvalue weighted by atomic mass is 10.1. The van der Waals surface area contributed by atoms with E-state index >= 15 is 0 Å². The molecule has 2 amide bonds. The van der Waals surface area contributed by atoms with Crippen molar-refractivity contribution in [2.75, 3.05) is 16.0 Å². The summed E-state index contributed by atoms with van der Waals surface area (Å²) in [4.78, 5) is 24.7. The van der Waals surface area contributed by atoms with E-state index in [0.717, 1.165) is 5.82 Å². The van der Waals surface area contributed by atoms with Gasteiger partial charge in [-0.25, -0.2) is 19.7 Å². The molecule has 0 radical (unpaired) electrons. The number of halogens is 6. The first-order chi connectivity index (χ1) is 17.4. The van der Waals surface area contributed by atoms with Crippen LogP contribution in [0.5, 0.6) is 0 Å². The van der Waals surface area contributed by atoms with Crippen molar-refractivity contribution in [1.82, 2.24) is 19.5 Å². The van der Waals surface area contributed by atoms with Gasteiger partial charge in [-0.1, -0.05) is 0 Å². The van der Waals surface area contributed by atoms with E-state index in [-0.39, 0.29) is 11.8 Å². The van der Waals surface area contributed by atoms with Crippen LogP contribution in [0, 0.1) is 6.92 Å². The molecular weight excluding hydrogens is 504 g/mol. The lowest BCUT2D eigenvalue weighted by molar-refractivity contribution is -0.143. The van der Waals surface area contributed by atoms with Gasteiger partial charge in [-0.2, -0.15) is 26.3 Å². The summed E-state index contributed by atoms with van der Waals surface area (Å²) in [6.07, 6.45) is -5.31. The second-order valence-electron chi connectivity index (χ2n) is 7.68. The minimum atomic E-state index is -5.03. The Hall–Kier alpha value is -4.62. The Bertz CT molecular complexity index is 1380. The number of hydrogen-bond acceptors (Lipinski definition) is 5. The molecule has 3 N–H and O–H groups in total. The quantitative estimate of drug-likeness (QED) is 0.264. The number of imidazole rings is 1. The Kier molecular flexibility index (Phi) is 6.74. The van der Waals surface area contributed by atoms with Crippen molar-refractivity contribution in [3.63, 3.8) is 0 Å². The van der Waals surface area contributed by atoms with Gasteiger partial charge >= 0.3 is 18.4 Å². The summed E-state index contributed by atoms with van der Waals surface area (Å²) in [5.74, 6) is 1.80. The molecule has 0 atom stereocenters. The number of carbonyl (C=O) groups is 1. The SMILES string of the molecule is Cc1nccn1-c1cc(Nc2ccc(NC(=O)Nc3cc(C(F)(F)F)cc(C(F)(F)F)c3)cc2)ncn1. The van der Waals surface area contributed by atoms with Gasteiger partial charge in [0.1, 0.15) is 23.8 Å². The first-order valence-electron chi connectivity index (χ1n) is 10.5. The zero-order valence-corrected chi connectivity index (χ0v) is 18.8. The molecule has 14 heteroatoms. The van der Waals surface area contributed by atoms with Gasteiger partial charge in [0.15, 0.2) is 0 Å². The molecule has 0 aliphatic heterocycles. The molecule has 0 spiro atoms. The van der Waals surface area contributed by atoms with Crippen LogP contribution in [0.15, 0.2) is 67.3 Å². The molecule has 0 unspecified atom stereocenters. The molecule has 0 bridgehead atoms. The number of hydrogen-bond donors (Lipinski definition) is 3. The first-order valence-corrected chi connectivity index (χ1v) is 10.5. The Labute approximate surface area is 205 Å². The molecule has 4 rings (SSSR count). The van der Waals surface area contributed by atoms with Crippen LogP contribution in [-0.2, 0) is 12.4 Å². The van der Waals surface area contributed by atoms with Crippen LogP contribution in [0.2, 0.25) is 0 Å². The monoisotopic (exact) mass is 521 g/mol. The smallest absolute Gasteiger partial charge is 0.340 e. The fraction of sp³-hybridized carbons (Fsp3) is 0.130. The average Bonchev–Trinajstić information content (AvgIpc) is 3.25. The van der Waals surface area contributed by atoms with Crippen molar-refractivity contribution < 1.29 is 31.1 Å². The summed E-state index contributed by atoms with van der Waals surface area (Å²) < 4.78 is 79.8. The highest BCUT2D eigenvalue weighted by molar-refractivity contribution is 6.00. The van der Waals surface area contributed by atoms with Crippen LogP contribution in [0.4, 0.5) is 54.0 Å². The molecule has 192 valence electrons. The zero-order chi connectivity index (χ0) is 26.8. The number of aryl methyl sites for hydroxylation is 1. The molecule has 0 saturated carbocycles. The molecule has 0 aliphatic carbocycles. The summed E-state index contributed by atoms with van der Waals surface area (Å²) in [6, 6.07) is 7.63. The molecule has 2 aromatic heterocycles. The van der Waals surface area contributed by atoms with Gasteiger partial charge in [0, 0.05) is 35.5 Å². The van der Waals surface area contributed by atoms with E-state index in [2.05, 4.69) is 25.6 Å². The molecule has 2 heterocycles. The summed E-state index contributed by atoms with van der Waals surface area (Å²) in [7, 11) is 0. The van der Waals surface area contributed by atoms with Crippen LogP contribution in [-0.4, -0.2) is 25.6 Å². The van der Waals surface area contributed by atoms with E-state index in [1.807, 2.05) is 12.2 Å². The number of anilines is 4. The number of nitrogens with zero attached hydrogens (tertiary/aromatic N) is 4. The van der Waals surface area contributed by atoms with E-state index in [4.69, 9.17) is 0 Å². The van der Waals surface area contributed by atoms with Crippen molar-refractivity contribution >= 4 is 28.9 Å². The number of carbonyl (C=O) groups excluding carboxylic acids is 1. The predicted octanol–water partition coefficient (Wildman–Crippen LogP) is 6.40. The minimum Gasteiger partial charge on any atom is -0.340 e. The van der Waals surface area contributed by atoms with Crippen molar-refractivity contribution in [2.24, 2.45) is 0 Å². The third-order valence-electron chi connectivity index (χ3n) is 4.99. The first kappa shape index (κ1) is 25.5. The van der Waals surface area contributed by atoms with E-state index in [9.17, 15) is 31.1 Å². The number of aromatic nitrogens is 4. The summed E-state index contributed by atoms with van der Waals surface area (Å²) in [6.45, 7) is 1.82. The number of nitrogens with one attached hydrogen (secondary N) is 3. The van der Waals surface area contributed by atoms with E-state index < -0.39 is 35.2 Å². The largest absolute Gasteiger partial charge is 0.416 e. The van der Waals surface area contributed by atoms with Gasteiger partial charge in [-0.3, -0.25) is 4.57 Å². The summed E-state index contributed by atoms with van der Waals surface area (Å²) in [5, 5.41) is 7.42. The van der Waals surface area contributed by atoms with Gasteiger partial charge in [0.2, 0.25) is 0 Å². The van der Waals surface area contributed by atoms with E-state index in [1.165, 1.54) is 18.5 Å². The van der Waals surface area contributed by atoms with Gasteiger partial charge < -0.3 is 16.0 Å². The highest BCUT2D eigenvalue weighted by atomic mass is 19.4. The van der Waals surface area contributed by atoms with E-state index in [1.54, 1.807) is 35.2 Å². The molecule has 0 saturated heterocycles. The lowest BCUT2D eigenvalue weighted by Gasteiger charge is -2.15. The highest BCUT2D eigenvalue weighted by Gasteiger charge is 2.37. The predicted molar refractivity (Wildman–Crippen MR) is 123 cm³/mol. The third-order valence-corrected chi connectivity index (χ3v) is 4.99. The second-order valence-corrected chi connectivity index (χ2v) is 7.68. The maximum atomic E-state index is 13.0. The minimum absolute atomic E-state index is 0.0218. The van der Waals surface area contributed by atoms with Crippen molar-refractivity contribution in [1.29, 1.82) is 0 Å². The van der Waals surface area contributed by atoms with E-state index in [0.29, 0.717) is 29.5 Å². The molecule has 0 fully saturated rings.